The topological polar surface area (TPSA) is 37.3 Å². The first-order chi connectivity index (χ1) is 6.20. The first-order valence-electron chi connectivity index (χ1n) is 5.43. The molecule has 1 aliphatic rings. The highest BCUT2D eigenvalue weighted by atomic mass is 16.4. The van der Waals surface area contributed by atoms with Gasteiger partial charge in [0.05, 0.1) is 5.92 Å². The molecule has 2 heteroatoms. The van der Waals surface area contributed by atoms with Crippen LogP contribution in [-0.2, 0) is 4.79 Å². The molecule has 13 heavy (non-hydrogen) atoms. The molecule has 0 heterocycles. The van der Waals surface area contributed by atoms with Crippen molar-refractivity contribution in [2.75, 3.05) is 0 Å². The molecule has 1 saturated carbocycles. The van der Waals surface area contributed by atoms with E-state index in [9.17, 15) is 4.79 Å². The Hall–Kier alpha value is -0.530. The molecule has 0 aliphatic heterocycles. The second-order valence-corrected chi connectivity index (χ2v) is 4.33. The van der Waals surface area contributed by atoms with Crippen molar-refractivity contribution in [3.05, 3.63) is 0 Å². The van der Waals surface area contributed by atoms with Gasteiger partial charge in [-0.25, -0.2) is 0 Å². The van der Waals surface area contributed by atoms with Crippen LogP contribution in [-0.4, -0.2) is 11.1 Å². The van der Waals surface area contributed by atoms with Crippen molar-refractivity contribution in [2.45, 2.75) is 51.9 Å². The van der Waals surface area contributed by atoms with Gasteiger partial charge in [-0.1, -0.05) is 45.4 Å². The summed E-state index contributed by atoms with van der Waals surface area (Å²) in [5, 5.41) is 8.78. The quantitative estimate of drug-likeness (QED) is 0.684. The second kappa shape index (κ2) is 5.25. The van der Waals surface area contributed by atoms with E-state index in [0.29, 0.717) is 5.92 Å². The maximum atomic E-state index is 10.7. The van der Waals surface area contributed by atoms with E-state index in [-0.39, 0.29) is 5.92 Å². The molecule has 1 aliphatic carbocycles. The molecular formula is C11H20O2. The number of hydrogen-bond acceptors (Lipinski definition) is 1. The predicted octanol–water partition coefficient (Wildman–Crippen LogP) is 3.07. The Morgan fingerprint density at radius 1 is 1.31 bits per heavy atom. The van der Waals surface area contributed by atoms with Gasteiger partial charge in [0, 0.05) is 0 Å². The lowest BCUT2D eigenvalue weighted by Gasteiger charge is -2.16. The molecule has 1 fully saturated rings. The lowest BCUT2D eigenvalue weighted by Crippen LogP contribution is -2.14. The molecule has 1 rings (SSSR count). The monoisotopic (exact) mass is 184 g/mol. The molecule has 0 bridgehead atoms. The third-order valence-electron chi connectivity index (χ3n) is 3.08. The molecule has 0 aromatic heterocycles. The summed E-state index contributed by atoms with van der Waals surface area (Å²) in [6, 6.07) is 0. The van der Waals surface area contributed by atoms with Crippen LogP contribution in [0.4, 0.5) is 0 Å². The number of carbonyl (C=O) groups is 1. The first kappa shape index (κ1) is 10.6. The minimum absolute atomic E-state index is 0.150. The zero-order valence-electron chi connectivity index (χ0n) is 8.46. The van der Waals surface area contributed by atoms with E-state index in [1.54, 1.807) is 0 Å². The van der Waals surface area contributed by atoms with Crippen molar-refractivity contribution in [3.63, 3.8) is 0 Å². The molecule has 0 saturated heterocycles. The number of carboxylic acid groups (broad SMARTS) is 1. The summed E-state index contributed by atoms with van der Waals surface area (Å²) in [7, 11) is 0. The zero-order chi connectivity index (χ0) is 9.68. The van der Waals surface area contributed by atoms with E-state index < -0.39 is 5.97 Å². The second-order valence-electron chi connectivity index (χ2n) is 4.33. The SMILES string of the molecule is CC(CC1CCCCCC1)C(=O)O. The fraction of sp³-hybridized carbons (Fsp3) is 0.909. The molecule has 0 amide bonds. The van der Waals surface area contributed by atoms with Crippen molar-refractivity contribution in [3.8, 4) is 0 Å². The normalized spacial score (nSPS) is 22.2. The van der Waals surface area contributed by atoms with Gasteiger partial charge in [0.15, 0.2) is 0 Å². The minimum Gasteiger partial charge on any atom is -0.481 e. The Kier molecular flexibility index (Phi) is 4.26. The van der Waals surface area contributed by atoms with E-state index in [0.717, 1.165) is 6.42 Å². The molecule has 0 aromatic rings. The van der Waals surface area contributed by atoms with E-state index in [2.05, 4.69) is 0 Å². The fourth-order valence-electron chi connectivity index (χ4n) is 2.20. The molecular weight excluding hydrogens is 164 g/mol. The maximum Gasteiger partial charge on any atom is 0.306 e. The van der Waals surface area contributed by atoms with Crippen molar-refractivity contribution in [1.82, 2.24) is 0 Å². The van der Waals surface area contributed by atoms with Gasteiger partial charge in [0.1, 0.15) is 0 Å². The van der Waals surface area contributed by atoms with Crippen molar-refractivity contribution in [2.24, 2.45) is 11.8 Å². The summed E-state index contributed by atoms with van der Waals surface area (Å²) in [6.45, 7) is 1.83. The molecule has 1 atom stereocenters. The van der Waals surface area contributed by atoms with Crippen molar-refractivity contribution >= 4 is 5.97 Å². The largest absolute Gasteiger partial charge is 0.481 e. The van der Waals surface area contributed by atoms with Crippen LogP contribution in [0.15, 0.2) is 0 Å². The van der Waals surface area contributed by atoms with Crippen LogP contribution in [0.1, 0.15) is 51.9 Å². The molecule has 1 unspecified atom stereocenters. The Bertz CT molecular complexity index is 157. The summed E-state index contributed by atoms with van der Waals surface area (Å²) >= 11 is 0. The molecule has 1 N–H and O–H groups in total. The van der Waals surface area contributed by atoms with Crippen LogP contribution in [0.3, 0.4) is 0 Å². The molecule has 76 valence electrons. The molecule has 0 spiro atoms. The lowest BCUT2D eigenvalue weighted by molar-refractivity contribution is -0.141. The summed E-state index contributed by atoms with van der Waals surface area (Å²) in [5.74, 6) is -0.110. The molecule has 0 aromatic carbocycles. The predicted molar refractivity (Wildman–Crippen MR) is 52.6 cm³/mol. The average molecular weight is 184 g/mol. The highest BCUT2D eigenvalue weighted by Crippen LogP contribution is 2.27. The van der Waals surface area contributed by atoms with Crippen molar-refractivity contribution < 1.29 is 9.90 Å². The van der Waals surface area contributed by atoms with E-state index in [1.165, 1.54) is 38.5 Å². The van der Waals surface area contributed by atoms with E-state index in [4.69, 9.17) is 5.11 Å². The Morgan fingerprint density at radius 2 is 1.85 bits per heavy atom. The fourth-order valence-corrected chi connectivity index (χ4v) is 2.20. The third-order valence-corrected chi connectivity index (χ3v) is 3.08. The van der Waals surface area contributed by atoms with Gasteiger partial charge in [-0.15, -0.1) is 0 Å². The van der Waals surface area contributed by atoms with Gasteiger partial charge in [0.2, 0.25) is 0 Å². The van der Waals surface area contributed by atoms with Crippen LogP contribution >= 0.6 is 0 Å². The Morgan fingerprint density at radius 3 is 2.31 bits per heavy atom. The number of hydrogen-bond donors (Lipinski definition) is 1. The molecule has 2 nitrogen and oxygen atoms in total. The van der Waals surface area contributed by atoms with Crippen LogP contribution in [0.2, 0.25) is 0 Å². The van der Waals surface area contributed by atoms with Crippen LogP contribution in [0.5, 0.6) is 0 Å². The van der Waals surface area contributed by atoms with Gasteiger partial charge in [-0.3, -0.25) is 4.79 Å². The van der Waals surface area contributed by atoms with Gasteiger partial charge in [0.25, 0.3) is 0 Å². The highest BCUT2D eigenvalue weighted by molar-refractivity contribution is 5.69. The third kappa shape index (κ3) is 3.79. The number of carboxylic acids is 1. The van der Waals surface area contributed by atoms with Crippen molar-refractivity contribution in [1.29, 1.82) is 0 Å². The van der Waals surface area contributed by atoms with Crippen LogP contribution < -0.4 is 0 Å². The Labute approximate surface area is 80.3 Å². The van der Waals surface area contributed by atoms with Gasteiger partial charge >= 0.3 is 5.97 Å². The van der Waals surface area contributed by atoms with Crippen LogP contribution in [0, 0.1) is 11.8 Å². The lowest BCUT2D eigenvalue weighted by atomic mass is 9.90. The number of rotatable bonds is 3. The smallest absolute Gasteiger partial charge is 0.306 e. The first-order valence-corrected chi connectivity index (χ1v) is 5.43. The van der Waals surface area contributed by atoms with E-state index in [1.807, 2.05) is 6.92 Å². The molecule has 0 radical (unpaired) electrons. The van der Waals surface area contributed by atoms with Gasteiger partial charge < -0.3 is 5.11 Å². The summed E-state index contributed by atoms with van der Waals surface area (Å²) < 4.78 is 0. The Balaban J connectivity index is 2.29. The summed E-state index contributed by atoms with van der Waals surface area (Å²) in [4.78, 5) is 10.7. The average Bonchev–Trinajstić information content (AvgIpc) is 2.32. The maximum absolute atomic E-state index is 10.7. The van der Waals surface area contributed by atoms with Crippen LogP contribution in [0.25, 0.3) is 0 Å². The highest BCUT2D eigenvalue weighted by Gasteiger charge is 2.19. The summed E-state index contributed by atoms with van der Waals surface area (Å²) in [5.41, 5.74) is 0. The van der Waals surface area contributed by atoms with Gasteiger partial charge in [-0.05, 0) is 12.3 Å². The standard InChI is InChI=1S/C11H20O2/c1-9(11(12)13)8-10-6-4-2-3-5-7-10/h9-10H,2-8H2,1H3,(H,12,13). The zero-order valence-corrected chi connectivity index (χ0v) is 8.46. The van der Waals surface area contributed by atoms with E-state index >= 15 is 0 Å². The van der Waals surface area contributed by atoms with Gasteiger partial charge in [-0.2, -0.15) is 0 Å². The number of aliphatic carboxylic acids is 1. The minimum atomic E-state index is -0.635. The summed E-state index contributed by atoms with van der Waals surface area (Å²) in [6.07, 6.45) is 8.68.